The third-order valence-corrected chi connectivity index (χ3v) is 6.25. The van der Waals surface area contributed by atoms with E-state index in [0.717, 1.165) is 31.4 Å². The Labute approximate surface area is 150 Å². The van der Waals surface area contributed by atoms with Gasteiger partial charge in [-0.25, -0.2) is 4.98 Å². The van der Waals surface area contributed by atoms with Gasteiger partial charge in [-0.05, 0) is 58.0 Å². The number of aryl methyl sites for hydroxylation is 2. The summed E-state index contributed by atoms with van der Waals surface area (Å²) >= 11 is 1.90. The summed E-state index contributed by atoms with van der Waals surface area (Å²) in [6, 6.07) is 0. The lowest BCUT2D eigenvalue weighted by Crippen LogP contribution is -2.44. The molecule has 0 aromatic carbocycles. The molecular formula is C18H31N5S. The predicted molar refractivity (Wildman–Crippen MR) is 102 cm³/mol. The molecule has 0 radical (unpaired) electrons. The van der Waals surface area contributed by atoms with Crippen molar-refractivity contribution in [2.24, 2.45) is 10.9 Å². The van der Waals surface area contributed by atoms with Gasteiger partial charge >= 0.3 is 0 Å². The van der Waals surface area contributed by atoms with Gasteiger partial charge < -0.3 is 15.1 Å². The van der Waals surface area contributed by atoms with Crippen molar-refractivity contribution in [1.29, 1.82) is 0 Å². The van der Waals surface area contributed by atoms with Gasteiger partial charge in [0.2, 0.25) is 0 Å². The number of fused-ring (bicyclic) bond motifs is 1. The lowest BCUT2D eigenvalue weighted by atomic mass is 9.99. The van der Waals surface area contributed by atoms with E-state index in [1.54, 1.807) is 0 Å². The molecule has 0 amide bonds. The van der Waals surface area contributed by atoms with Gasteiger partial charge in [0.05, 0.1) is 12.2 Å². The first-order valence-corrected chi connectivity index (χ1v) is 10.0. The second-order valence-electron chi connectivity index (χ2n) is 7.24. The van der Waals surface area contributed by atoms with E-state index >= 15 is 0 Å². The molecule has 1 aliphatic carbocycles. The molecule has 1 fully saturated rings. The van der Waals surface area contributed by atoms with Crippen molar-refractivity contribution in [1.82, 2.24) is 20.1 Å². The van der Waals surface area contributed by atoms with Gasteiger partial charge in [-0.15, -0.1) is 11.3 Å². The first-order chi connectivity index (χ1) is 11.7. The van der Waals surface area contributed by atoms with Gasteiger partial charge in [0.25, 0.3) is 0 Å². The van der Waals surface area contributed by atoms with E-state index < -0.39 is 0 Å². The third kappa shape index (κ3) is 4.48. The third-order valence-electron chi connectivity index (χ3n) is 5.11. The number of nitrogens with one attached hydrogen (secondary N) is 1. The number of hydrogen-bond donors (Lipinski definition) is 1. The van der Waals surface area contributed by atoms with Gasteiger partial charge in [-0.2, -0.15) is 0 Å². The van der Waals surface area contributed by atoms with Crippen molar-refractivity contribution in [3.8, 4) is 0 Å². The van der Waals surface area contributed by atoms with Crippen LogP contribution in [0, 0.1) is 5.92 Å². The van der Waals surface area contributed by atoms with Gasteiger partial charge in [0.15, 0.2) is 5.96 Å². The van der Waals surface area contributed by atoms with Crippen LogP contribution in [0.1, 0.15) is 41.3 Å². The summed E-state index contributed by atoms with van der Waals surface area (Å²) < 4.78 is 0. The minimum absolute atomic E-state index is 0.723. The minimum atomic E-state index is 0.723. The summed E-state index contributed by atoms with van der Waals surface area (Å²) in [6.07, 6.45) is 7.63. The number of nitrogens with zero attached hydrogens (tertiary/aromatic N) is 4. The molecule has 1 saturated heterocycles. The Morgan fingerprint density at radius 3 is 2.96 bits per heavy atom. The van der Waals surface area contributed by atoms with Crippen molar-refractivity contribution in [2.45, 2.75) is 45.1 Å². The Hall–Kier alpha value is -1.14. The molecule has 1 aliphatic heterocycles. The number of aromatic nitrogens is 1. The van der Waals surface area contributed by atoms with Crippen molar-refractivity contribution in [2.75, 3.05) is 40.8 Å². The van der Waals surface area contributed by atoms with E-state index in [1.165, 1.54) is 60.8 Å². The Balaban J connectivity index is 1.52. The Kier molecular flexibility index (Phi) is 6.11. The summed E-state index contributed by atoms with van der Waals surface area (Å²) in [5, 5.41) is 4.79. The fourth-order valence-electron chi connectivity index (χ4n) is 3.81. The molecule has 1 aromatic rings. The van der Waals surface area contributed by atoms with Crippen LogP contribution in [-0.2, 0) is 19.4 Å². The molecule has 2 aliphatic rings. The van der Waals surface area contributed by atoms with Gasteiger partial charge in [-0.3, -0.25) is 4.99 Å². The smallest absolute Gasteiger partial charge is 0.193 e. The Morgan fingerprint density at radius 2 is 2.21 bits per heavy atom. The molecule has 6 heteroatoms. The van der Waals surface area contributed by atoms with Crippen LogP contribution < -0.4 is 5.32 Å². The van der Waals surface area contributed by atoms with Crippen molar-refractivity contribution in [3.63, 3.8) is 0 Å². The van der Waals surface area contributed by atoms with E-state index in [4.69, 9.17) is 4.98 Å². The van der Waals surface area contributed by atoms with E-state index in [-0.39, 0.29) is 0 Å². The molecule has 0 saturated carbocycles. The standard InChI is InChI=1S/C18H31N5S/c1-19-18(20-11-14-7-6-10-22(2)12-14)23(3)13-17-21-15-8-4-5-9-16(15)24-17/h14H,4-13H2,1-3H3,(H,19,20). The van der Waals surface area contributed by atoms with Crippen LogP contribution >= 0.6 is 11.3 Å². The summed E-state index contributed by atoms with van der Waals surface area (Å²) in [7, 11) is 6.21. The van der Waals surface area contributed by atoms with Crippen LogP contribution in [0.25, 0.3) is 0 Å². The van der Waals surface area contributed by atoms with Crippen LogP contribution in [-0.4, -0.2) is 61.5 Å². The Bertz CT molecular complexity index is 544. The average Bonchev–Trinajstić information content (AvgIpc) is 2.97. The molecule has 5 nitrogen and oxygen atoms in total. The second kappa shape index (κ2) is 8.30. The lowest BCUT2D eigenvalue weighted by molar-refractivity contribution is 0.209. The van der Waals surface area contributed by atoms with E-state index in [1.807, 2.05) is 18.4 Å². The van der Waals surface area contributed by atoms with Gasteiger partial charge in [0.1, 0.15) is 5.01 Å². The van der Waals surface area contributed by atoms with Crippen LogP contribution in [0.4, 0.5) is 0 Å². The lowest BCUT2D eigenvalue weighted by Gasteiger charge is -2.31. The quantitative estimate of drug-likeness (QED) is 0.669. The normalized spacial score (nSPS) is 22.3. The molecule has 3 rings (SSSR count). The topological polar surface area (TPSA) is 43.8 Å². The highest BCUT2D eigenvalue weighted by atomic mass is 32.1. The van der Waals surface area contributed by atoms with Crippen molar-refractivity contribution in [3.05, 3.63) is 15.6 Å². The van der Waals surface area contributed by atoms with Crippen LogP contribution in [0.2, 0.25) is 0 Å². The van der Waals surface area contributed by atoms with Crippen LogP contribution in [0.15, 0.2) is 4.99 Å². The highest BCUT2D eigenvalue weighted by molar-refractivity contribution is 7.11. The highest BCUT2D eigenvalue weighted by Gasteiger charge is 2.19. The minimum Gasteiger partial charge on any atom is -0.356 e. The molecule has 1 aromatic heterocycles. The number of aliphatic imine (C=N–C) groups is 1. The van der Waals surface area contributed by atoms with Gasteiger partial charge in [0, 0.05) is 32.1 Å². The number of rotatable bonds is 4. The van der Waals surface area contributed by atoms with E-state index in [9.17, 15) is 0 Å². The zero-order chi connectivity index (χ0) is 16.9. The van der Waals surface area contributed by atoms with Gasteiger partial charge in [-0.1, -0.05) is 0 Å². The molecule has 24 heavy (non-hydrogen) atoms. The highest BCUT2D eigenvalue weighted by Crippen LogP contribution is 2.27. The maximum atomic E-state index is 4.85. The number of thiazole rings is 1. The molecule has 1 atom stereocenters. The summed E-state index contributed by atoms with van der Waals surface area (Å²) in [5.74, 6) is 1.71. The number of hydrogen-bond acceptors (Lipinski definition) is 4. The van der Waals surface area contributed by atoms with Crippen LogP contribution in [0.5, 0.6) is 0 Å². The molecule has 2 heterocycles. The largest absolute Gasteiger partial charge is 0.356 e. The average molecular weight is 350 g/mol. The predicted octanol–water partition coefficient (Wildman–Crippen LogP) is 2.37. The van der Waals surface area contributed by atoms with Crippen molar-refractivity contribution < 1.29 is 0 Å². The SMILES string of the molecule is CN=C(NCC1CCCN(C)C1)N(C)Cc1nc2c(s1)CCCC2. The molecule has 1 N–H and O–H groups in total. The molecule has 0 spiro atoms. The molecular weight excluding hydrogens is 318 g/mol. The maximum absolute atomic E-state index is 4.85. The maximum Gasteiger partial charge on any atom is 0.193 e. The zero-order valence-corrected chi connectivity index (χ0v) is 16.2. The summed E-state index contributed by atoms with van der Waals surface area (Å²) in [5.41, 5.74) is 1.35. The zero-order valence-electron chi connectivity index (χ0n) is 15.3. The molecule has 1 unspecified atom stereocenters. The van der Waals surface area contributed by atoms with E-state index in [0.29, 0.717) is 0 Å². The Morgan fingerprint density at radius 1 is 1.38 bits per heavy atom. The number of guanidine groups is 1. The fraction of sp³-hybridized carbons (Fsp3) is 0.778. The summed E-state index contributed by atoms with van der Waals surface area (Å²) in [4.78, 5) is 15.5. The molecule has 0 bridgehead atoms. The summed E-state index contributed by atoms with van der Waals surface area (Å²) in [6.45, 7) is 4.28. The van der Waals surface area contributed by atoms with E-state index in [2.05, 4.69) is 34.2 Å². The fourth-order valence-corrected chi connectivity index (χ4v) is 5.02. The second-order valence-corrected chi connectivity index (χ2v) is 8.41. The van der Waals surface area contributed by atoms with Crippen LogP contribution in [0.3, 0.4) is 0 Å². The first-order valence-electron chi connectivity index (χ1n) is 9.23. The monoisotopic (exact) mass is 349 g/mol. The first kappa shape index (κ1) is 17.7. The number of likely N-dealkylation sites (tertiary alicyclic amines) is 1. The molecule has 134 valence electrons. The van der Waals surface area contributed by atoms with Crippen molar-refractivity contribution >= 4 is 17.3 Å². The number of piperidine rings is 1.